The van der Waals surface area contributed by atoms with Crippen molar-refractivity contribution in [1.82, 2.24) is 20.4 Å². The summed E-state index contributed by atoms with van der Waals surface area (Å²) in [6, 6.07) is 5.86. The van der Waals surface area contributed by atoms with Crippen LogP contribution in [0.2, 0.25) is 0 Å². The van der Waals surface area contributed by atoms with E-state index >= 15 is 0 Å². The molecule has 0 bridgehead atoms. The molecule has 1 aliphatic heterocycles. The van der Waals surface area contributed by atoms with Crippen molar-refractivity contribution in [2.45, 2.75) is 51.6 Å². The smallest absolute Gasteiger partial charge is 0.258 e. The number of benzene rings is 1. The van der Waals surface area contributed by atoms with Crippen LogP contribution in [-0.2, 0) is 16.8 Å². The van der Waals surface area contributed by atoms with E-state index in [1.807, 2.05) is 0 Å². The molecular formula is C19H24N4O3S. The van der Waals surface area contributed by atoms with Gasteiger partial charge in [-0.05, 0) is 25.0 Å². The Hall–Kier alpha value is -2.48. The topological polar surface area (TPSA) is 95.4 Å². The Balaban J connectivity index is 1.64. The van der Waals surface area contributed by atoms with Crippen molar-refractivity contribution >= 4 is 23.2 Å². The van der Waals surface area contributed by atoms with Crippen molar-refractivity contribution in [2.24, 2.45) is 0 Å². The maximum Gasteiger partial charge on any atom is 0.258 e. The molecule has 0 saturated carbocycles. The first-order chi connectivity index (χ1) is 12.8. The van der Waals surface area contributed by atoms with Gasteiger partial charge in [0.15, 0.2) is 0 Å². The van der Waals surface area contributed by atoms with Gasteiger partial charge in [0.2, 0.25) is 5.91 Å². The van der Waals surface area contributed by atoms with E-state index in [9.17, 15) is 14.7 Å². The largest absolute Gasteiger partial charge is 0.507 e. The zero-order chi connectivity index (χ0) is 19.6. The molecule has 2 N–H and O–H groups in total. The Morgan fingerprint density at radius 3 is 2.70 bits per heavy atom. The summed E-state index contributed by atoms with van der Waals surface area (Å²) in [5, 5.41) is 22.8. The van der Waals surface area contributed by atoms with Gasteiger partial charge in [0, 0.05) is 12.0 Å². The van der Waals surface area contributed by atoms with E-state index < -0.39 is 6.04 Å². The number of phenolic OH excluding ortho intramolecular Hbond substituents is 1. The fourth-order valence-corrected chi connectivity index (χ4v) is 3.84. The summed E-state index contributed by atoms with van der Waals surface area (Å²) in [4.78, 5) is 26.9. The number of carbonyl (C=O) groups excluding carboxylic acids is 2. The highest BCUT2D eigenvalue weighted by Gasteiger charge is 2.35. The average Bonchev–Trinajstić information content (AvgIpc) is 3.28. The van der Waals surface area contributed by atoms with Gasteiger partial charge in [-0.3, -0.25) is 9.59 Å². The van der Waals surface area contributed by atoms with Gasteiger partial charge in [0.25, 0.3) is 5.91 Å². The first-order valence-corrected chi connectivity index (χ1v) is 9.78. The Labute approximate surface area is 162 Å². The van der Waals surface area contributed by atoms with Crippen LogP contribution in [0.1, 0.15) is 54.0 Å². The molecule has 1 aliphatic rings. The molecule has 1 fully saturated rings. The predicted octanol–water partition coefficient (Wildman–Crippen LogP) is 2.46. The maximum atomic E-state index is 12.7. The lowest BCUT2D eigenvalue weighted by molar-refractivity contribution is -0.125. The number of hydrogen-bond acceptors (Lipinski definition) is 6. The number of rotatable bonds is 4. The minimum Gasteiger partial charge on any atom is -0.507 e. The number of para-hydroxylation sites is 1. The van der Waals surface area contributed by atoms with Crippen molar-refractivity contribution in [3.63, 3.8) is 0 Å². The minimum atomic E-state index is -0.535. The van der Waals surface area contributed by atoms with Gasteiger partial charge in [-0.2, -0.15) is 0 Å². The molecule has 0 unspecified atom stereocenters. The molecule has 27 heavy (non-hydrogen) atoms. The number of aromatic hydroxyl groups is 1. The third-order valence-electron chi connectivity index (χ3n) is 4.47. The number of aromatic nitrogens is 2. The van der Waals surface area contributed by atoms with Gasteiger partial charge in [0.05, 0.1) is 12.1 Å². The van der Waals surface area contributed by atoms with E-state index in [4.69, 9.17) is 0 Å². The number of amides is 2. The van der Waals surface area contributed by atoms with Crippen LogP contribution in [0.4, 0.5) is 0 Å². The molecule has 144 valence electrons. The van der Waals surface area contributed by atoms with E-state index in [0.717, 1.165) is 16.4 Å². The number of phenols is 1. The van der Waals surface area contributed by atoms with Crippen molar-refractivity contribution in [2.75, 3.05) is 6.54 Å². The second kappa shape index (κ2) is 7.64. The van der Waals surface area contributed by atoms with Gasteiger partial charge >= 0.3 is 0 Å². The fraction of sp³-hybridized carbons (Fsp3) is 0.474. The maximum absolute atomic E-state index is 12.7. The molecule has 0 spiro atoms. The van der Waals surface area contributed by atoms with Crippen LogP contribution in [0.5, 0.6) is 5.75 Å². The van der Waals surface area contributed by atoms with E-state index in [2.05, 4.69) is 36.3 Å². The molecule has 1 atom stereocenters. The Bertz CT molecular complexity index is 843. The predicted molar refractivity (Wildman–Crippen MR) is 103 cm³/mol. The molecule has 2 amide bonds. The lowest BCUT2D eigenvalue weighted by atomic mass is 9.98. The van der Waals surface area contributed by atoms with Crippen LogP contribution in [0, 0.1) is 0 Å². The molecule has 1 saturated heterocycles. The lowest BCUT2D eigenvalue weighted by Crippen LogP contribution is -2.45. The highest BCUT2D eigenvalue weighted by molar-refractivity contribution is 7.11. The fourth-order valence-electron chi connectivity index (χ4n) is 3.00. The summed E-state index contributed by atoms with van der Waals surface area (Å²) in [6.45, 7) is 6.99. The van der Waals surface area contributed by atoms with E-state index in [1.54, 1.807) is 18.2 Å². The first-order valence-electron chi connectivity index (χ1n) is 8.97. The Morgan fingerprint density at radius 1 is 1.30 bits per heavy atom. The summed E-state index contributed by atoms with van der Waals surface area (Å²) >= 11 is 1.48. The number of nitrogens with zero attached hydrogens (tertiary/aromatic N) is 3. The van der Waals surface area contributed by atoms with Gasteiger partial charge in [-0.25, -0.2) is 0 Å². The zero-order valence-electron chi connectivity index (χ0n) is 15.7. The van der Waals surface area contributed by atoms with Crippen LogP contribution in [0.3, 0.4) is 0 Å². The summed E-state index contributed by atoms with van der Waals surface area (Å²) in [5.41, 5.74) is 0.142. The van der Waals surface area contributed by atoms with Crippen molar-refractivity contribution in [3.05, 3.63) is 39.8 Å². The molecule has 3 rings (SSSR count). The third kappa shape index (κ3) is 4.27. The summed E-state index contributed by atoms with van der Waals surface area (Å²) in [7, 11) is 0. The van der Waals surface area contributed by atoms with Crippen molar-refractivity contribution in [3.8, 4) is 5.75 Å². The van der Waals surface area contributed by atoms with Crippen LogP contribution in [-0.4, -0.2) is 44.6 Å². The third-order valence-corrected chi connectivity index (χ3v) is 5.82. The van der Waals surface area contributed by atoms with Crippen LogP contribution in [0.15, 0.2) is 24.3 Å². The molecule has 0 aliphatic carbocycles. The zero-order valence-corrected chi connectivity index (χ0v) is 16.5. The van der Waals surface area contributed by atoms with Gasteiger partial charge in [-0.15, -0.1) is 10.2 Å². The van der Waals surface area contributed by atoms with E-state index in [0.29, 0.717) is 19.5 Å². The SMILES string of the molecule is CC(C)(C)c1nnc(CNC(=O)[C@@H]2CCCN2C(=O)c2ccccc2O)s1. The summed E-state index contributed by atoms with van der Waals surface area (Å²) in [6.07, 6.45) is 1.36. The molecule has 7 nitrogen and oxygen atoms in total. The molecule has 1 aromatic heterocycles. The Morgan fingerprint density at radius 2 is 2.04 bits per heavy atom. The molecule has 8 heteroatoms. The van der Waals surface area contributed by atoms with Crippen LogP contribution in [0.25, 0.3) is 0 Å². The van der Waals surface area contributed by atoms with Gasteiger partial charge < -0.3 is 15.3 Å². The number of hydrogen-bond donors (Lipinski definition) is 2. The summed E-state index contributed by atoms with van der Waals surface area (Å²) < 4.78 is 0. The number of carbonyl (C=O) groups is 2. The monoisotopic (exact) mass is 388 g/mol. The van der Waals surface area contributed by atoms with E-state index in [1.165, 1.54) is 22.3 Å². The van der Waals surface area contributed by atoms with Crippen LogP contribution >= 0.6 is 11.3 Å². The Kier molecular flexibility index (Phi) is 5.46. The highest BCUT2D eigenvalue weighted by Crippen LogP contribution is 2.26. The standard InChI is InChI=1S/C19H24N4O3S/c1-19(2,3)18-22-21-15(27-18)11-20-16(25)13-8-6-10-23(13)17(26)12-7-4-5-9-14(12)24/h4-5,7,9,13,24H,6,8,10-11H2,1-3H3,(H,20,25)/t13-/m0/s1. The minimum absolute atomic E-state index is 0.0721. The molecular weight excluding hydrogens is 364 g/mol. The van der Waals surface area contributed by atoms with Gasteiger partial charge in [-0.1, -0.05) is 44.2 Å². The number of nitrogens with one attached hydrogen (secondary N) is 1. The normalized spacial score (nSPS) is 17.1. The molecule has 1 aromatic carbocycles. The number of likely N-dealkylation sites (tertiary alicyclic amines) is 1. The second-order valence-corrected chi connectivity index (χ2v) is 8.70. The van der Waals surface area contributed by atoms with Crippen LogP contribution < -0.4 is 5.32 Å². The average molecular weight is 388 g/mol. The lowest BCUT2D eigenvalue weighted by Gasteiger charge is -2.24. The second-order valence-electron chi connectivity index (χ2n) is 7.64. The highest BCUT2D eigenvalue weighted by atomic mass is 32.1. The molecule has 2 aromatic rings. The molecule has 2 heterocycles. The molecule has 0 radical (unpaired) electrons. The van der Waals surface area contributed by atoms with Gasteiger partial charge in [0.1, 0.15) is 21.8 Å². The van der Waals surface area contributed by atoms with Crippen molar-refractivity contribution < 1.29 is 14.7 Å². The summed E-state index contributed by atoms with van der Waals surface area (Å²) in [5.74, 6) is -0.599. The van der Waals surface area contributed by atoms with Crippen molar-refractivity contribution in [1.29, 1.82) is 0 Å². The van der Waals surface area contributed by atoms with E-state index in [-0.39, 0.29) is 28.5 Å². The quantitative estimate of drug-likeness (QED) is 0.839. The first kappa shape index (κ1) is 19.3.